The molecule has 0 aliphatic carbocycles. The van der Waals surface area contributed by atoms with Gasteiger partial charge in [-0.1, -0.05) is 19.1 Å². The van der Waals surface area contributed by atoms with E-state index < -0.39 is 5.97 Å². The van der Waals surface area contributed by atoms with Crippen LogP contribution in [0.2, 0.25) is 0 Å². The predicted molar refractivity (Wildman–Crippen MR) is 69.3 cm³/mol. The maximum absolute atomic E-state index is 12.8. The molecule has 0 saturated carbocycles. The summed E-state index contributed by atoms with van der Waals surface area (Å²) in [5.74, 6) is -1.69. The minimum atomic E-state index is -0.875. The number of halogens is 1. The molecule has 1 unspecified atom stereocenters. The number of carboxylic acid groups (broad SMARTS) is 1. The van der Waals surface area contributed by atoms with Crippen molar-refractivity contribution in [2.24, 2.45) is 0 Å². The Labute approximate surface area is 111 Å². The summed E-state index contributed by atoms with van der Waals surface area (Å²) in [6, 6.07) is 5.85. The molecule has 0 fully saturated rings. The topological polar surface area (TPSA) is 66.4 Å². The Bertz CT molecular complexity index is 431. The maximum Gasteiger partial charge on any atom is 0.303 e. The van der Waals surface area contributed by atoms with Crippen LogP contribution in [0, 0.1) is 5.82 Å². The summed E-state index contributed by atoms with van der Waals surface area (Å²) in [6.07, 6.45) is 1.05. The first kappa shape index (κ1) is 15.1. The minimum Gasteiger partial charge on any atom is -0.481 e. The van der Waals surface area contributed by atoms with Crippen LogP contribution in [0.3, 0.4) is 0 Å². The van der Waals surface area contributed by atoms with E-state index in [0.717, 1.165) is 5.56 Å². The van der Waals surface area contributed by atoms with Gasteiger partial charge in [-0.05, 0) is 30.5 Å². The van der Waals surface area contributed by atoms with E-state index >= 15 is 0 Å². The van der Waals surface area contributed by atoms with Gasteiger partial charge in [0.05, 0.1) is 5.92 Å². The van der Waals surface area contributed by atoms with Crippen molar-refractivity contribution in [1.29, 1.82) is 0 Å². The highest BCUT2D eigenvalue weighted by molar-refractivity contribution is 5.83. The molecule has 0 heterocycles. The van der Waals surface area contributed by atoms with Gasteiger partial charge in [-0.3, -0.25) is 9.59 Å². The highest BCUT2D eigenvalue weighted by Crippen LogP contribution is 2.19. The fourth-order valence-electron chi connectivity index (χ4n) is 1.84. The monoisotopic (exact) mass is 267 g/mol. The molecule has 0 aromatic heterocycles. The molecule has 0 aliphatic rings. The molecule has 0 spiro atoms. The summed E-state index contributed by atoms with van der Waals surface area (Å²) in [6.45, 7) is 2.22. The van der Waals surface area contributed by atoms with E-state index in [0.29, 0.717) is 19.4 Å². The number of aliphatic carboxylic acids is 1. The van der Waals surface area contributed by atoms with Gasteiger partial charge in [0.2, 0.25) is 5.91 Å². The average molecular weight is 267 g/mol. The molecule has 5 heteroatoms. The summed E-state index contributed by atoms with van der Waals surface area (Å²) in [4.78, 5) is 22.3. The average Bonchev–Trinajstić information content (AvgIpc) is 2.37. The Morgan fingerprint density at radius 3 is 2.47 bits per heavy atom. The molecule has 0 aliphatic heterocycles. The van der Waals surface area contributed by atoms with Crippen molar-refractivity contribution in [3.8, 4) is 0 Å². The number of carboxylic acids is 1. The van der Waals surface area contributed by atoms with E-state index in [1.54, 1.807) is 12.1 Å². The molecule has 2 N–H and O–H groups in total. The van der Waals surface area contributed by atoms with Crippen LogP contribution in [0.15, 0.2) is 24.3 Å². The summed E-state index contributed by atoms with van der Waals surface area (Å²) >= 11 is 0. The van der Waals surface area contributed by atoms with Crippen LogP contribution in [-0.4, -0.2) is 23.5 Å². The maximum atomic E-state index is 12.8. The lowest BCUT2D eigenvalue weighted by molar-refractivity contribution is -0.137. The molecular formula is C14H18FNO3. The van der Waals surface area contributed by atoms with Crippen molar-refractivity contribution in [1.82, 2.24) is 5.32 Å². The second kappa shape index (κ2) is 7.51. The van der Waals surface area contributed by atoms with E-state index in [-0.39, 0.29) is 24.1 Å². The lowest BCUT2D eigenvalue weighted by Crippen LogP contribution is -2.30. The number of nitrogens with one attached hydrogen (secondary N) is 1. The summed E-state index contributed by atoms with van der Waals surface area (Å²) < 4.78 is 12.8. The van der Waals surface area contributed by atoms with Gasteiger partial charge in [0.1, 0.15) is 5.82 Å². The van der Waals surface area contributed by atoms with Crippen molar-refractivity contribution in [2.45, 2.75) is 32.1 Å². The number of benzene rings is 1. The third kappa shape index (κ3) is 5.07. The largest absolute Gasteiger partial charge is 0.481 e. The van der Waals surface area contributed by atoms with E-state index in [9.17, 15) is 14.0 Å². The standard InChI is InChI=1S/C14H18FNO3/c1-2-12(10-5-7-11(15)8-6-10)14(19)16-9-3-4-13(17)18/h5-8,12H,2-4,9H2,1H3,(H,16,19)(H,17,18). The molecule has 4 nitrogen and oxygen atoms in total. The molecule has 1 amide bonds. The first-order chi connectivity index (χ1) is 9.04. The van der Waals surface area contributed by atoms with E-state index in [4.69, 9.17) is 5.11 Å². The molecule has 1 atom stereocenters. The van der Waals surface area contributed by atoms with Crippen molar-refractivity contribution >= 4 is 11.9 Å². The predicted octanol–water partition coefficient (Wildman–Crippen LogP) is 2.30. The van der Waals surface area contributed by atoms with Gasteiger partial charge in [-0.2, -0.15) is 0 Å². The number of carbonyl (C=O) groups is 2. The Morgan fingerprint density at radius 1 is 1.32 bits per heavy atom. The zero-order valence-electron chi connectivity index (χ0n) is 10.9. The Hall–Kier alpha value is -1.91. The van der Waals surface area contributed by atoms with Crippen LogP contribution < -0.4 is 5.32 Å². The van der Waals surface area contributed by atoms with Crippen molar-refractivity contribution in [3.63, 3.8) is 0 Å². The van der Waals surface area contributed by atoms with Gasteiger partial charge in [-0.15, -0.1) is 0 Å². The molecule has 1 rings (SSSR count). The molecular weight excluding hydrogens is 249 g/mol. The summed E-state index contributed by atoms with van der Waals surface area (Å²) in [5, 5.41) is 11.2. The molecule has 0 saturated heterocycles. The molecule has 0 radical (unpaired) electrons. The fourth-order valence-corrected chi connectivity index (χ4v) is 1.84. The Kier molecular flexibility index (Phi) is 5.99. The Balaban J connectivity index is 2.52. The van der Waals surface area contributed by atoms with E-state index in [1.807, 2.05) is 6.92 Å². The third-order valence-corrected chi connectivity index (χ3v) is 2.86. The molecule has 19 heavy (non-hydrogen) atoms. The molecule has 0 bridgehead atoms. The zero-order valence-corrected chi connectivity index (χ0v) is 10.9. The number of hydrogen-bond acceptors (Lipinski definition) is 2. The highest BCUT2D eigenvalue weighted by Gasteiger charge is 2.18. The number of hydrogen-bond donors (Lipinski definition) is 2. The van der Waals surface area contributed by atoms with Gasteiger partial charge < -0.3 is 10.4 Å². The Morgan fingerprint density at radius 2 is 1.95 bits per heavy atom. The van der Waals surface area contributed by atoms with Crippen LogP contribution in [0.1, 0.15) is 37.7 Å². The number of carbonyl (C=O) groups excluding carboxylic acids is 1. The molecule has 104 valence electrons. The van der Waals surface area contributed by atoms with Gasteiger partial charge in [0.15, 0.2) is 0 Å². The SMILES string of the molecule is CCC(C(=O)NCCCC(=O)O)c1ccc(F)cc1. The number of rotatable bonds is 7. The summed E-state index contributed by atoms with van der Waals surface area (Å²) in [5.41, 5.74) is 0.764. The van der Waals surface area contributed by atoms with Crippen LogP contribution in [-0.2, 0) is 9.59 Å². The number of amides is 1. The van der Waals surface area contributed by atoms with Crippen LogP contribution in [0.5, 0.6) is 0 Å². The second-order valence-corrected chi connectivity index (χ2v) is 4.30. The first-order valence-corrected chi connectivity index (χ1v) is 6.29. The second-order valence-electron chi connectivity index (χ2n) is 4.30. The summed E-state index contributed by atoms with van der Waals surface area (Å²) in [7, 11) is 0. The van der Waals surface area contributed by atoms with Gasteiger partial charge in [0.25, 0.3) is 0 Å². The van der Waals surface area contributed by atoms with Crippen LogP contribution >= 0.6 is 0 Å². The fraction of sp³-hybridized carbons (Fsp3) is 0.429. The van der Waals surface area contributed by atoms with Gasteiger partial charge in [0, 0.05) is 13.0 Å². The van der Waals surface area contributed by atoms with Gasteiger partial charge >= 0.3 is 5.97 Å². The first-order valence-electron chi connectivity index (χ1n) is 6.29. The zero-order chi connectivity index (χ0) is 14.3. The van der Waals surface area contributed by atoms with Crippen LogP contribution in [0.25, 0.3) is 0 Å². The lowest BCUT2D eigenvalue weighted by Gasteiger charge is -2.15. The van der Waals surface area contributed by atoms with Crippen molar-refractivity contribution in [3.05, 3.63) is 35.6 Å². The smallest absolute Gasteiger partial charge is 0.303 e. The highest BCUT2D eigenvalue weighted by atomic mass is 19.1. The quantitative estimate of drug-likeness (QED) is 0.745. The minimum absolute atomic E-state index is 0.0353. The van der Waals surface area contributed by atoms with Gasteiger partial charge in [-0.25, -0.2) is 4.39 Å². The van der Waals surface area contributed by atoms with E-state index in [2.05, 4.69) is 5.32 Å². The molecule has 1 aromatic carbocycles. The third-order valence-electron chi connectivity index (χ3n) is 2.86. The van der Waals surface area contributed by atoms with E-state index in [1.165, 1.54) is 12.1 Å². The van der Waals surface area contributed by atoms with Crippen molar-refractivity contribution < 1.29 is 19.1 Å². The van der Waals surface area contributed by atoms with Crippen LogP contribution in [0.4, 0.5) is 4.39 Å². The lowest BCUT2D eigenvalue weighted by atomic mass is 9.95. The molecule has 1 aromatic rings. The normalized spacial score (nSPS) is 11.9. The van der Waals surface area contributed by atoms with Crippen molar-refractivity contribution in [2.75, 3.05) is 6.54 Å².